The summed E-state index contributed by atoms with van der Waals surface area (Å²) in [6, 6.07) is 10.7. The number of nitrogens with zero attached hydrogens (tertiary/aromatic N) is 1. The second kappa shape index (κ2) is 11.7. The van der Waals surface area contributed by atoms with Crippen LogP contribution < -0.4 is 0 Å². The number of rotatable bonds is 13. The van der Waals surface area contributed by atoms with Crippen molar-refractivity contribution in [3.05, 3.63) is 35.9 Å². The first-order chi connectivity index (χ1) is 10.7. The molecular weight excluding hydrogens is 270 g/mol. The molecule has 0 amide bonds. The molecule has 126 valence electrons. The van der Waals surface area contributed by atoms with Crippen molar-refractivity contribution in [1.82, 2.24) is 0 Å². The van der Waals surface area contributed by atoms with Gasteiger partial charge >= 0.3 is 0 Å². The van der Waals surface area contributed by atoms with Gasteiger partial charge in [-0.15, -0.1) is 0 Å². The molecule has 0 aliphatic carbocycles. The molecule has 0 aliphatic rings. The quantitative estimate of drug-likeness (QED) is 0.411. The van der Waals surface area contributed by atoms with Gasteiger partial charge in [0.2, 0.25) is 0 Å². The molecule has 0 saturated carbocycles. The Labute approximate surface area is 137 Å². The van der Waals surface area contributed by atoms with E-state index in [2.05, 4.69) is 44.3 Å². The molecule has 2 nitrogen and oxygen atoms in total. The average molecular weight is 307 g/mol. The van der Waals surface area contributed by atoms with Crippen molar-refractivity contribution in [3.63, 3.8) is 0 Å². The Hall–Kier alpha value is -0.860. The predicted molar refractivity (Wildman–Crippen MR) is 95.8 cm³/mol. The van der Waals surface area contributed by atoms with Gasteiger partial charge in [0, 0.05) is 5.56 Å². The predicted octanol–water partition coefficient (Wildman–Crippen LogP) is 4.77. The molecule has 1 aromatic rings. The third-order valence-corrected chi connectivity index (χ3v) is 4.60. The molecule has 0 aromatic heterocycles. The highest BCUT2D eigenvalue weighted by molar-refractivity contribution is 5.13. The first-order valence-electron chi connectivity index (χ1n) is 9.18. The summed E-state index contributed by atoms with van der Waals surface area (Å²) in [5.74, 6) is 0. The van der Waals surface area contributed by atoms with Crippen LogP contribution in [-0.4, -0.2) is 36.3 Å². The van der Waals surface area contributed by atoms with E-state index in [0.717, 1.165) is 17.6 Å². The van der Waals surface area contributed by atoms with Crippen LogP contribution >= 0.6 is 0 Å². The van der Waals surface area contributed by atoms with E-state index in [0.29, 0.717) is 0 Å². The van der Waals surface area contributed by atoms with Gasteiger partial charge in [0.1, 0.15) is 13.1 Å². The minimum atomic E-state index is 0.278. The molecule has 0 bridgehead atoms. The highest BCUT2D eigenvalue weighted by Crippen LogP contribution is 2.15. The van der Waals surface area contributed by atoms with Gasteiger partial charge in [-0.25, -0.2) is 0 Å². The van der Waals surface area contributed by atoms with Crippen LogP contribution in [0.5, 0.6) is 0 Å². The topological polar surface area (TPSA) is 20.2 Å². The van der Waals surface area contributed by atoms with Crippen molar-refractivity contribution in [2.75, 3.05) is 26.7 Å². The van der Waals surface area contributed by atoms with Gasteiger partial charge in [-0.3, -0.25) is 0 Å². The third kappa shape index (κ3) is 8.55. The maximum atomic E-state index is 9.39. The van der Waals surface area contributed by atoms with Crippen molar-refractivity contribution < 1.29 is 9.59 Å². The van der Waals surface area contributed by atoms with Crippen LogP contribution in [0.4, 0.5) is 0 Å². The Morgan fingerprint density at radius 2 is 1.41 bits per heavy atom. The Kier molecular flexibility index (Phi) is 10.2. The Morgan fingerprint density at radius 3 is 2.00 bits per heavy atom. The zero-order chi connectivity index (χ0) is 16.1. The van der Waals surface area contributed by atoms with E-state index in [9.17, 15) is 5.11 Å². The third-order valence-electron chi connectivity index (χ3n) is 4.60. The first kappa shape index (κ1) is 19.2. The van der Waals surface area contributed by atoms with Crippen LogP contribution in [0.1, 0.15) is 63.9 Å². The van der Waals surface area contributed by atoms with Crippen molar-refractivity contribution in [2.24, 2.45) is 0 Å². The largest absolute Gasteiger partial charge is 0.391 e. The van der Waals surface area contributed by atoms with Crippen LogP contribution in [0.3, 0.4) is 0 Å². The van der Waals surface area contributed by atoms with E-state index in [-0.39, 0.29) is 6.61 Å². The smallest absolute Gasteiger partial charge is 0.104 e. The summed E-state index contributed by atoms with van der Waals surface area (Å²) in [6.45, 7) is 5.60. The van der Waals surface area contributed by atoms with Gasteiger partial charge in [-0.05, 0) is 12.8 Å². The fraction of sp³-hybridized carbons (Fsp3) is 0.700. The summed E-state index contributed by atoms with van der Waals surface area (Å²) in [6.07, 6.45) is 10.9. The van der Waals surface area contributed by atoms with Gasteiger partial charge < -0.3 is 9.59 Å². The number of hydrogen-bond acceptors (Lipinski definition) is 1. The SMILES string of the molecule is CCCCCCCCCC[N+](C)(CCO)Cc1ccccc1. The molecular formula is C20H36NO+. The van der Waals surface area contributed by atoms with Crippen molar-refractivity contribution in [3.8, 4) is 0 Å². The van der Waals surface area contributed by atoms with Crippen LogP contribution in [0.15, 0.2) is 30.3 Å². The van der Waals surface area contributed by atoms with E-state index >= 15 is 0 Å². The second-order valence-corrected chi connectivity index (χ2v) is 6.91. The molecule has 22 heavy (non-hydrogen) atoms. The van der Waals surface area contributed by atoms with Gasteiger partial charge in [0.25, 0.3) is 0 Å². The monoisotopic (exact) mass is 306 g/mol. The highest BCUT2D eigenvalue weighted by atomic mass is 16.3. The van der Waals surface area contributed by atoms with E-state index in [1.54, 1.807) is 0 Å². The van der Waals surface area contributed by atoms with E-state index < -0.39 is 0 Å². The molecule has 0 radical (unpaired) electrons. The van der Waals surface area contributed by atoms with Gasteiger partial charge in [0.15, 0.2) is 0 Å². The number of quaternary nitrogens is 1. The van der Waals surface area contributed by atoms with Crippen LogP contribution in [-0.2, 0) is 6.54 Å². The fourth-order valence-electron chi connectivity index (χ4n) is 3.16. The summed E-state index contributed by atoms with van der Waals surface area (Å²) in [5, 5.41) is 9.39. The van der Waals surface area contributed by atoms with Crippen LogP contribution in [0.25, 0.3) is 0 Å². The Morgan fingerprint density at radius 1 is 0.818 bits per heavy atom. The van der Waals surface area contributed by atoms with Gasteiger partial charge in [0.05, 0.1) is 20.2 Å². The van der Waals surface area contributed by atoms with Crippen LogP contribution in [0, 0.1) is 0 Å². The van der Waals surface area contributed by atoms with Crippen LogP contribution in [0.2, 0.25) is 0 Å². The van der Waals surface area contributed by atoms with E-state index in [4.69, 9.17) is 0 Å². The zero-order valence-corrected chi connectivity index (χ0v) is 14.8. The number of aliphatic hydroxyl groups excluding tert-OH is 1. The zero-order valence-electron chi connectivity index (χ0n) is 14.8. The van der Waals surface area contributed by atoms with Crippen molar-refractivity contribution in [2.45, 2.75) is 64.8 Å². The minimum absolute atomic E-state index is 0.278. The van der Waals surface area contributed by atoms with E-state index in [1.807, 2.05) is 0 Å². The molecule has 0 saturated heterocycles. The Balaban J connectivity index is 2.25. The normalized spacial score (nSPS) is 14.0. The maximum absolute atomic E-state index is 9.39. The van der Waals surface area contributed by atoms with Gasteiger partial charge in [-0.1, -0.05) is 75.8 Å². The highest BCUT2D eigenvalue weighted by Gasteiger charge is 2.20. The maximum Gasteiger partial charge on any atom is 0.104 e. The Bertz CT molecular complexity index is 365. The molecule has 0 spiro atoms. The first-order valence-corrected chi connectivity index (χ1v) is 9.18. The summed E-state index contributed by atoms with van der Waals surface area (Å²) in [4.78, 5) is 0. The lowest BCUT2D eigenvalue weighted by atomic mass is 10.1. The number of likely N-dealkylation sites (N-methyl/N-ethyl adjacent to an activating group) is 1. The molecule has 1 N–H and O–H groups in total. The van der Waals surface area contributed by atoms with Crippen molar-refractivity contribution >= 4 is 0 Å². The lowest BCUT2D eigenvalue weighted by Crippen LogP contribution is -2.46. The minimum Gasteiger partial charge on any atom is -0.391 e. The molecule has 1 unspecified atom stereocenters. The molecule has 1 atom stereocenters. The number of unbranched alkanes of at least 4 members (excludes halogenated alkanes) is 7. The number of benzene rings is 1. The van der Waals surface area contributed by atoms with Crippen molar-refractivity contribution in [1.29, 1.82) is 0 Å². The number of aliphatic hydroxyl groups is 1. The molecule has 1 rings (SSSR count). The summed E-state index contributed by atoms with van der Waals surface area (Å²) < 4.78 is 0.955. The lowest BCUT2D eigenvalue weighted by molar-refractivity contribution is -0.923. The van der Waals surface area contributed by atoms with E-state index in [1.165, 1.54) is 63.5 Å². The lowest BCUT2D eigenvalue weighted by Gasteiger charge is -2.34. The summed E-state index contributed by atoms with van der Waals surface area (Å²) in [7, 11) is 2.28. The second-order valence-electron chi connectivity index (χ2n) is 6.91. The molecule has 1 aromatic carbocycles. The molecule has 0 aliphatic heterocycles. The summed E-state index contributed by atoms with van der Waals surface area (Å²) >= 11 is 0. The average Bonchev–Trinajstić information content (AvgIpc) is 2.51. The standard InChI is InChI=1S/C20H36NO/c1-3-4-5-6-7-8-9-13-16-21(2,17-18-22)19-20-14-11-10-12-15-20/h10-12,14-15,22H,3-9,13,16-19H2,1-2H3/q+1. The summed E-state index contributed by atoms with van der Waals surface area (Å²) in [5.41, 5.74) is 1.37. The molecule has 2 heteroatoms. The number of hydrogen-bond donors (Lipinski definition) is 1. The fourth-order valence-corrected chi connectivity index (χ4v) is 3.16. The molecule has 0 heterocycles. The molecule has 0 fully saturated rings. The van der Waals surface area contributed by atoms with Gasteiger partial charge in [-0.2, -0.15) is 0 Å².